The van der Waals surface area contributed by atoms with E-state index < -0.39 is 0 Å². The number of benzene rings is 2. The van der Waals surface area contributed by atoms with Crippen LogP contribution in [0.4, 0.5) is 0 Å². The SMILES string of the molecule is CCOc1ccc(CNC(=O)c2c(C)nn(-c3ccc(C)cc3)c2-n2cccc2)cc1. The molecule has 6 heteroatoms. The Labute approximate surface area is 182 Å². The maximum Gasteiger partial charge on any atom is 0.257 e. The average molecular weight is 415 g/mol. The van der Waals surface area contributed by atoms with Gasteiger partial charge < -0.3 is 14.6 Å². The van der Waals surface area contributed by atoms with Crippen molar-refractivity contribution < 1.29 is 9.53 Å². The van der Waals surface area contributed by atoms with Crippen molar-refractivity contribution in [3.05, 3.63) is 95.4 Å². The minimum atomic E-state index is -0.159. The Bertz CT molecular complexity index is 1160. The highest BCUT2D eigenvalue weighted by Gasteiger charge is 2.23. The van der Waals surface area contributed by atoms with Gasteiger partial charge in [0.05, 0.1) is 18.0 Å². The van der Waals surface area contributed by atoms with Crippen LogP contribution < -0.4 is 10.1 Å². The number of amides is 1. The van der Waals surface area contributed by atoms with Crippen molar-refractivity contribution in [3.63, 3.8) is 0 Å². The summed E-state index contributed by atoms with van der Waals surface area (Å²) in [4.78, 5) is 13.2. The smallest absolute Gasteiger partial charge is 0.257 e. The lowest BCUT2D eigenvalue weighted by molar-refractivity contribution is 0.0950. The van der Waals surface area contributed by atoms with Gasteiger partial charge in [-0.15, -0.1) is 0 Å². The number of aryl methyl sites for hydroxylation is 2. The second kappa shape index (κ2) is 8.92. The highest BCUT2D eigenvalue weighted by Crippen LogP contribution is 2.23. The van der Waals surface area contributed by atoms with Crippen molar-refractivity contribution in [3.8, 4) is 17.3 Å². The minimum Gasteiger partial charge on any atom is -0.494 e. The Morgan fingerprint density at radius 3 is 2.32 bits per heavy atom. The molecule has 0 aliphatic heterocycles. The van der Waals surface area contributed by atoms with Crippen molar-refractivity contribution in [1.82, 2.24) is 19.7 Å². The molecule has 0 spiro atoms. The molecule has 1 N–H and O–H groups in total. The molecule has 0 saturated heterocycles. The van der Waals surface area contributed by atoms with E-state index >= 15 is 0 Å². The Balaban J connectivity index is 1.64. The molecule has 0 bridgehead atoms. The third kappa shape index (κ3) is 4.38. The average Bonchev–Trinajstić information content (AvgIpc) is 3.41. The number of ether oxygens (including phenoxy) is 1. The molecule has 2 heterocycles. The molecule has 2 aromatic heterocycles. The van der Waals surface area contributed by atoms with E-state index in [1.807, 2.05) is 103 Å². The third-order valence-corrected chi connectivity index (χ3v) is 5.08. The van der Waals surface area contributed by atoms with Crippen molar-refractivity contribution in [1.29, 1.82) is 0 Å². The Morgan fingerprint density at radius 1 is 1.00 bits per heavy atom. The summed E-state index contributed by atoms with van der Waals surface area (Å²) < 4.78 is 9.22. The van der Waals surface area contributed by atoms with Crippen LogP contribution in [-0.4, -0.2) is 26.9 Å². The van der Waals surface area contributed by atoms with Crippen molar-refractivity contribution in [2.75, 3.05) is 6.61 Å². The van der Waals surface area contributed by atoms with Crippen molar-refractivity contribution >= 4 is 5.91 Å². The molecular formula is C25H26N4O2. The van der Waals surface area contributed by atoms with Crippen LogP contribution in [0.5, 0.6) is 5.75 Å². The van der Waals surface area contributed by atoms with E-state index in [1.54, 1.807) is 0 Å². The molecular weight excluding hydrogens is 388 g/mol. The van der Waals surface area contributed by atoms with E-state index in [9.17, 15) is 4.79 Å². The fourth-order valence-corrected chi connectivity index (χ4v) is 3.50. The Hall–Kier alpha value is -3.80. The van der Waals surface area contributed by atoms with Gasteiger partial charge in [0, 0.05) is 18.9 Å². The van der Waals surface area contributed by atoms with Gasteiger partial charge in [0.2, 0.25) is 0 Å². The lowest BCUT2D eigenvalue weighted by Crippen LogP contribution is -2.24. The molecule has 4 rings (SSSR count). The fraction of sp³-hybridized carbons (Fsp3) is 0.200. The highest BCUT2D eigenvalue weighted by atomic mass is 16.5. The first-order chi connectivity index (χ1) is 15.1. The minimum absolute atomic E-state index is 0.159. The van der Waals surface area contributed by atoms with Gasteiger partial charge in [-0.3, -0.25) is 4.79 Å². The van der Waals surface area contributed by atoms with Crippen LogP contribution in [0.15, 0.2) is 73.1 Å². The van der Waals surface area contributed by atoms with E-state index in [1.165, 1.54) is 5.56 Å². The topological polar surface area (TPSA) is 61.1 Å². The first-order valence-corrected chi connectivity index (χ1v) is 10.4. The third-order valence-electron chi connectivity index (χ3n) is 5.08. The van der Waals surface area contributed by atoms with Gasteiger partial charge >= 0.3 is 0 Å². The van der Waals surface area contributed by atoms with Gasteiger partial charge in [0.25, 0.3) is 5.91 Å². The highest BCUT2D eigenvalue weighted by molar-refractivity contribution is 5.98. The number of nitrogens with zero attached hydrogens (tertiary/aromatic N) is 3. The van der Waals surface area contributed by atoms with Crippen LogP contribution in [-0.2, 0) is 6.54 Å². The maximum absolute atomic E-state index is 13.2. The molecule has 0 aliphatic rings. The largest absolute Gasteiger partial charge is 0.494 e. The zero-order valence-corrected chi connectivity index (χ0v) is 18.0. The van der Waals surface area contributed by atoms with Gasteiger partial charge in [-0.1, -0.05) is 29.8 Å². The molecule has 2 aromatic carbocycles. The quantitative estimate of drug-likeness (QED) is 0.480. The Morgan fingerprint density at radius 2 is 1.68 bits per heavy atom. The lowest BCUT2D eigenvalue weighted by atomic mass is 10.2. The number of carbonyl (C=O) groups excluding carboxylic acids is 1. The van der Waals surface area contributed by atoms with Gasteiger partial charge in [-0.05, 0) is 62.7 Å². The number of hydrogen-bond donors (Lipinski definition) is 1. The van der Waals surface area contributed by atoms with Crippen LogP contribution >= 0.6 is 0 Å². The van der Waals surface area contributed by atoms with Gasteiger partial charge in [0.1, 0.15) is 11.3 Å². The molecule has 0 unspecified atom stereocenters. The van der Waals surface area contributed by atoms with Crippen LogP contribution in [0.25, 0.3) is 11.5 Å². The first kappa shape index (κ1) is 20.5. The zero-order valence-electron chi connectivity index (χ0n) is 18.0. The molecule has 0 fully saturated rings. The molecule has 158 valence electrons. The summed E-state index contributed by atoms with van der Waals surface area (Å²) in [5.41, 5.74) is 4.31. The number of carbonyl (C=O) groups is 1. The van der Waals surface area contributed by atoms with Gasteiger partial charge in [-0.2, -0.15) is 5.10 Å². The molecule has 6 nitrogen and oxygen atoms in total. The Kier molecular flexibility index (Phi) is 5.89. The predicted octanol–water partition coefficient (Wildman–Crippen LogP) is 4.61. The first-order valence-electron chi connectivity index (χ1n) is 10.4. The van der Waals surface area contributed by atoms with Crippen LogP contribution in [0.1, 0.15) is 34.1 Å². The molecule has 0 saturated carbocycles. The summed E-state index contributed by atoms with van der Waals surface area (Å²) >= 11 is 0. The number of nitrogens with one attached hydrogen (secondary N) is 1. The predicted molar refractivity (Wildman–Crippen MR) is 121 cm³/mol. The summed E-state index contributed by atoms with van der Waals surface area (Å²) in [5, 5.41) is 7.73. The monoisotopic (exact) mass is 414 g/mol. The summed E-state index contributed by atoms with van der Waals surface area (Å²) in [6.45, 7) is 6.91. The zero-order chi connectivity index (χ0) is 21.8. The normalized spacial score (nSPS) is 10.8. The number of hydrogen-bond acceptors (Lipinski definition) is 3. The van der Waals surface area contributed by atoms with Crippen molar-refractivity contribution in [2.24, 2.45) is 0 Å². The number of rotatable bonds is 7. The summed E-state index contributed by atoms with van der Waals surface area (Å²) in [6.07, 6.45) is 3.84. The summed E-state index contributed by atoms with van der Waals surface area (Å²) in [6, 6.07) is 19.7. The second-order valence-electron chi connectivity index (χ2n) is 7.38. The van der Waals surface area contributed by atoms with E-state index in [0.717, 1.165) is 22.8 Å². The lowest BCUT2D eigenvalue weighted by Gasteiger charge is -2.12. The molecule has 1 amide bonds. The van der Waals surface area contributed by atoms with E-state index in [-0.39, 0.29) is 5.91 Å². The second-order valence-corrected chi connectivity index (χ2v) is 7.38. The fourth-order valence-electron chi connectivity index (χ4n) is 3.50. The van der Waals surface area contributed by atoms with Crippen LogP contribution in [0.3, 0.4) is 0 Å². The van der Waals surface area contributed by atoms with Crippen LogP contribution in [0.2, 0.25) is 0 Å². The van der Waals surface area contributed by atoms with E-state index in [4.69, 9.17) is 9.84 Å². The molecule has 4 aromatic rings. The van der Waals surface area contributed by atoms with E-state index in [0.29, 0.717) is 24.4 Å². The maximum atomic E-state index is 13.2. The molecule has 0 atom stereocenters. The van der Waals surface area contributed by atoms with E-state index in [2.05, 4.69) is 5.32 Å². The molecule has 0 radical (unpaired) electrons. The van der Waals surface area contributed by atoms with Crippen molar-refractivity contribution in [2.45, 2.75) is 27.3 Å². The molecule has 31 heavy (non-hydrogen) atoms. The standard InChI is InChI=1S/C25H26N4O2/c1-4-31-22-13-9-20(10-14-22)17-26-24(30)23-19(3)27-29(21-11-7-18(2)8-12-21)25(23)28-15-5-6-16-28/h5-16H,4,17H2,1-3H3,(H,26,30). The van der Waals surface area contributed by atoms with Gasteiger partial charge in [-0.25, -0.2) is 4.68 Å². The van der Waals surface area contributed by atoms with Crippen LogP contribution in [0, 0.1) is 13.8 Å². The molecule has 0 aliphatic carbocycles. The van der Waals surface area contributed by atoms with Gasteiger partial charge in [0.15, 0.2) is 5.82 Å². The number of aromatic nitrogens is 3. The summed E-state index contributed by atoms with van der Waals surface area (Å²) in [5.74, 6) is 1.38. The summed E-state index contributed by atoms with van der Waals surface area (Å²) in [7, 11) is 0.